The molecule has 0 heterocycles. The van der Waals surface area contributed by atoms with E-state index in [0.29, 0.717) is 0 Å². The highest BCUT2D eigenvalue weighted by Gasteiger charge is 1.90. The molecular formula is C14H14O2. The summed E-state index contributed by atoms with van der Waals surface area (Å²) in [6, 6.07) is 0. The molecule has 0 aliphatic carbocycles. The number of rotatable bonds is 4. The molecular weight excluding hydrogens is 200 g/mol. The standard InChI is InChI=1S/C14H14O2/c1-2-3-4-5-6-7-8-9-10-11-12-14(16)13-15/h1,14-16H,5-8,13H2/t14-/m0/s1. The van der Waals surface area contributed by atoms with E-state index in [1.54, 1.807) is 0 Å². The summed E-state index contributed by atoms with van der Waals surface area (Å²) in [5.41, 5.74) is 0. The average Bonchev–Trinajstić information content (AvgIpc) is 2.31. The van der Waals surface area contributed by atoms with Crippen molar-refractivity contribution in [1.29, 1.82) is 0 Å². The monoisotopic (exact) mass is 214 g/mol. The number of aliphatic hydroxyl groups is 2. The van der Waals surface area contributed by atoms with Crippen LogP contribution in [0.3, 0.4) is 0 Å². The van der Waals surface area contributed by atoms with Gasteiger partial charge in [-0.1, -0.05) is 17.8 Å². The van der Waals surface area contributed by atoms with E-state index in [-0.39, 0.29) is 6.61 Å². The van der Waals surface area contributed by atoms with Crippen LogP contribution in [0.5, 0.6) is 0 Å². The molecule has 2 nitrogen and oxygen atoms in total. The van der Waals surface area contributed by atoms with Gasteiger partial charge < -0.3 is 10.2 Å². The summed E-state index contributed by atoms with van der Waals surface area (Å²) in [6.45, 7) is -0.359. The summed E-state index contributed by atoms with van der Waals surface area (Å²) in [6.07, 6.45) is 7.44. The van der Waals surface area contributed by atoms with Crippen molar-refractivity contribution in [2.75, 3.05) is 6.61 Å². The smallest absolute Gasteiger partial charge is 0.138 e. The Labute approximate surface area is 97.1 Å². The van der Waals surface area contributed by atoms with Crippen LogP contribution < -0.4 is 0 Å². The highest BCUT2D eigenvalue weighted by atomic mass is 16.3. The molecule has 82 valence electrons. The van der Waals surface area contributed by atoms with Gasteiger partial charge in [-0.15, -0.1) is 6.42 Å². The molecule has 0 bridgehead atoms. The van der Waals surface area contributed by atoms with E-state index in [2.05, 4.69) is 41.4 Å². The van der Waals surface area contributed by atoms with E-state index in [9.17, 15) is 0 Å². The third-order valence-electron chi connectivity index (χ3n) is 1.58. The Morgan fingerprint density at radius 2 is 1.62 bits per heavy atom. The van der Waals surface area contributed by atoms with Crippen LogP contribution in [0.2, 0.25) is 0 Å². The van der Waals surface area contributed by atoms with Crippen molar-refractivity contribution in [3.8, 4) is 47.9 Å². The lowest BCUT2D eigenvalue weighted by molar-refractivity contribution is 0.138. The Hall–Kier alpha value is -1.84. The third kappa shape index (κ3) is 10.2. The first-order chi connectivity index (χ1) is 7.81. The van der Waals surface area contributed by atoms with Crippen molar-refractivity contribution in [3.63, 3.8) is 0 Å². The van der Waals surface area contributed by atoms with Crippen molar-refractivity contribution in [1.82, 2.24) is 0 Å². The Morgan fingerprint density at radius 1 is 1.00 bits per heavy atom. The molecule has 1 atom stereocenters. The van der Waals surface area contributed by atoms with Crippen LogP contribution in [0, 0.1) is 47.9 Å². The fourth-order valence-electron chi connectivity index (χ4n) is 0.812. The molecule has 0 aromatic rings. The molecule has 0 aromatic carbocycles. The molecule has 0 aliphatic rings. The zero-order valence-electron chi connectivity index (χ0n) is 9.08. The molecule has 0 aromatic heterocycles. The molecule has 16 heavy (non-hydrogen) atoms. The molecule has 0 saturated heterocycles. The summed E-state index contributed by atoms with van der Waals surface area (Å²) >= 11 is 0. The highest BCUT2D eigenvalue weighted by molar-refractivity contribution is 5.27. The quantitative estimate of drug-likeness (QED) is 0.530. The fourth-order valence-corrected chi connectivity index (χ4v) is 0.812. The van der Waals surface area contributed by atoms with Gasteiger partial charge in [-0.3, -0.25) is 0 Å². The van der Waals surface area contributed by atoms with E-state index in [1.165, 1.54) is 0 Å². The first-order valence-electron chi connectivity index (χ1n) is 5.02. The van der Waals surface area contributed by atoms with Crippen LogP contribution in [-0.4, -0.2) is 22.9 Å². The van der Waals surface area contributed by atoms with Gasteiger partial charge in [0.05, 0.1) is 6.61 Å². The molecule has 0 radical (unpaired) electrons. The van der Waals surface area contributed by atoms with Gasteiger partial charge in [-0.2, -0.15) is 0 Å². The van der Waals surface area contributed by atoms with Crippen LogP contribution in [-0.2, 0) is 0 Å². The molecule has 0 aliphatic heterocycles. The maximum atomic E-state index is 8.86. The number of hydrogen-bond acceptors (Lipinski definition) is 2. The summed E-state index contributed by atoms with van der Waals surface area (Å²) in [5.74, 6) is 17.9. The summed E-state index contributed by atoms with van der Waals surface area (Å²) < 4.78 is 0. The van der Waals surface area contributed by atoms with Gasteiger partial charge in [0.15, 0.2) is 0 Å². The van der Waals surface area contributed by atoms with Crippen molar-refractivity contribution in [3.05, 3.63) is 0 Å². The minimum atomic E-state index is -0.992. The Balaban J connectivity index is 3.55. The number of hydrogen-bond donors (Lipinski definition) is 2. The Morgan fingerprint density at radius 3 is 2.19 bits per heavy atom. The maximum absolute atomic E-state index is 8.86. The summed E-state index contributed by atoms with van der Waals surface area (Å²) in [7, 11) is 0. The van der Waals surface area contributed by atoms with Gasteiger partial charge >= 0.3 is 0 Å². The van der Waals surface area contributed by atoms with E-state index < -0.39 is 6.10 Å². The van der Waals surface area contributed by atoms with Crippen LogP contribution in [0.15, 0.2) is 0 Å². The van der Waals surface area contributed by atoms with Gasteiger partial charge in [0.2, 0.25) is 0 Å². The zero-order valence-corrected chi connectivity index (χ0v) is 9.08. The highest BCUT2D eigenvalue weighted by Crippen LogP contribution is 1.96. The SMILES string of the molecule is C#CC#CCCCCC#CC#C[C@H](O)CO. The van der Waals surface area contributed by atoms with Crippen molar-refractivity contribution in [2.45, 2.75) is 31.8 Å². The van der Waals surface area contributed by atoms with Crippen molar-refractivity contribution in [2.24, 2.45) is 0 Å². The molecule has 0 fully saturated rings. The van der Waals surface area contributed by atoms with Crippen LogP contribution >= 0.6 is 0 Å². The molecule has 0 amide bonds. The normalized spacial score (nSPS) is 9.31. The lowest BCUT2D eigenvalue weighted by Gasteiger charge is -1.91. The molecule has 0 unspecified atom stereocenters. The lowest BCUT2D eigenvalue weighted by atomic mass is 10.2. The molecule has 0 saturated carbocycles. The first kappa shape index (κ1) is 14.2. The van der Waals surface area contributed by atoms with Crippen molar-refractivity contribution >= 4 is 0 Å². The van der Waals surface area contributed by atoms with E-state index in [1.807, 2.05) is 0 Å². The lowest BCUT2D eigenvalue weighted by Crippen LogP contribution is -2.07. The number of aliphatic hydroxyl groups excluding tert-OH is 2. The Bertz CT molecular complexity index is 396. The predicted molar refractivity (Wildman–Crippen MR) is 63.7 cm³/mol. The van der Waals surface area contributed by atoms with Gasteiger partial charge in [0.1, 0.15) is 6.10 Å². The van der Waals surface area contributed by atoms with E-state index in [0.717, 1.165) is 25.7 Å². The van der Waals surface area contributed by atoms with E-state index >= 15 is 0 Å². The number of terminal acetylenes is 1. The van der Waals surface area contributed by atoms with Gasteiger partial charge in [0, 0.05) is 12.8 Å². The molecule has 0 rings (SSSR count). The summed E-state index contributed by atoms with van der Waals surface area (Å²) in [4.78, 5) is 0. The van der Waals surface area contributed by atoms with E-state index in [4.69, 9.17) is 16.6 Å². The Kier molecular flexibility index (Phi) is 9.94. The topological polar surface area (TPSA) is 40.5 Å². The zero-order chi connectivity index (χ0) is 12.1. The predicted octanol–water partition coefficient (Wildman–Crippen LogP) is 0.543. The maximum Gasteiger partial charge on any atom is 0.138 e. The van der Waals surface area contributed by atoms with Crippen LogP contribution in [0.1, 0.15) is 25.7 Å². The van der Waals surface area contributed by atoms with Crippen molar-refractivity contribution < 1.29 is 10.2 Å². The summed E-state index contributed by atoms with van der Waals surface area (Å²) in [5, 5.41) is 17.3. The average molecular weight is 214 g/mol. The molecule has 0 spiro atoms. The number of unbranched alkanes of at least 4 members (excludes halogenated alkanes) is 3. The van der Waals surface area contributed by atoms with Gasteiger partial charge in [-0.25, -0.2) is 0 Å². The van der Waals surface area contributed by atoms with Crippen LogP contribution in [0.4, 0.5) is 0 Å². The third-order valence-corrected chi connectivity index (χ3v) is 1.58. The largest absolute Gasteiger partial charge is 0.393 e. The second kappa shape index (κ2) is 11.2. The second-order valence-electron chi connectivity index (χ2n) is 2.92. The minimum absolute atomic E-state index is 0.359. The second-order valence-corrected chi connectivity index (χ2v) is 2.92. The fraction of sp³-hybridized carbons (Fsp3) is 0.429. The minimum Gasteiger partial charge on any atom is -0.393 e. The van der Waals surface area contributed by atoms with Crippen LogP contribution in [0.25, 0.3) is 0 Å². The van der Waals surface area contributed by atoms with Gasteiger partial charge in [-0.05, 0) is 36.5 Å². The molecule has 2 N–H and O–H groups in total. The molecule has 2 heteroatoms. The van der Waals surface area contributed by atoms with Gasteiger partial charge in [0.25, 0.3) is 0 Å². The first-order valence-corrected chi connectivity index (χ1v) is 5.02.